The maximum atomic E-state index is 12.3. The summed E-state index contributed by atoms with van der Waals surface area (Å²) >= 11 is 0. The molecule has 0 bridgehead atoms. The Morgan fingerprint density at radius 2 is 1.93 bits per heavy atom. The summed E-state index contributed by atoms with van der Waals surface area (Å²) in [4.78, 5) is 16.4. The Balaban J connectivity index is 1.83. The van der Waals surface area contributed by atoms with Crippen molar-refractivity contribution in [2.45, 2.75) is 17.7 Å². The van der Waals surface area contributed by atoms with Crippen LogP contribution in [0.3, 0.4) is 0 Å². The quantitative estimate of drug-likeness (QED) is 0.521. The number of ether oxygens (including phenoxy) is 1. The van der Waals surface area contributed by atoms with Crippen LogP contribution in [0.5, 0.6) is 0 Å². The number of amides is 1. The van der Waals surface area contributed by atoms with Crippen molar-refractivity contribution in [1.29, 1.82) is 0 Å². The van der Waals surface area contributed by atoms with E-state index in [9.17, 15) is 13.2 Å². The molecule has 0 saturated heterocycles. The third-order valence-corrected chi connectivity index (χ3v) is 4.74. The Bertz CT molecular complexity index is 854. The minimum absolute atomic E-state index is 0.0659. The van der Waals surface area contributed by atoms with Gasteiger partial charge in [0.1, 0.15) is 0 Å². The summed E-state index contributed by atoms with van der Waals surface area (Å²) in [5.74, 6) is -0.218. The molecule has 2 rings (SSSR count). The number of sulfonamides is 1. The first-order chi connectivity index (χ1) is 12.9. The van der Waals surface area contributed by atoms with Gasteiger partial charge >= 0.3 is 0 Å². The predicted octanol–water partition coefficient (Wildman–Crippen LogP) is 1.15. The Hall–Kier alpha value is -2.49. The Labute approximate surface area is 159 Å². The minimum Gasteiger partial charge on any atom is -0.385 e. The normalized spacial score (nSPS) is 11.2. The van der Waals surface area contributed by atoms with E-state index in [1.165, 1.54) is 18.3 Å². The molecule has 27 heavy (non-hydrogen) atoms. The number of nitrogens with one attached hydrogen (secondary N) is 2. The van der Waals surface area contributed by atoms with E-state index in [0.29, 0.717) is 25.1 Å². The van der Waals surface area contributed by atoms with Gasteiger partial charge in [0.15, 0.2) is 0 Å². The first kappa shape index (κ1) is 20.8. The van der Waals surface area contributed by atoms with Crippen molar-refractivity contribution in [3.8, 4) is 0 Å². The van der Waals surface area contributed by atoms with Crippen molar-refractivity contribution in [1.82, 2.24) is 10.3 Å². The third kappa shape index (κ3) is 6.97. The molecule has 0 aliphatic carbocycles. The lowest BCUT2D eigenvalue weighted by molar-refractivity contribution is 0.0954. The van der Waals surface area contributed by atoms with Gasteiger partial charge in [-0.1, -0.05) is 12.1 Å². The van der Waals surface area contributed by atoms with E-state index < -0.39 is 10.0 Å². The van der Waals surface area contributed by atoms with E-state index in [-0.39, 0.29) is 10.8 Å². The second kappa shape index (κ2) is 10.0. The number of benzene rings is 1. The van der Waals surface area contributed by atoms with Gasteiger partial charge in [-0.05, 0) is 36.6 Å². The van der Waals surface area contributed by atoms with Crippen LogP contribution in [0.15, 0.2) is 47.6 Å². The summed E-state index contributed by atoms with van der Waals surface area (Å²) in [5, 5.41) is 11.1. The fraction of sp³-hybridized carbons (Fsp3) is 0.333. The van der Waals surface area contributed by atoms with Gasteiger partial charge < -0.3 is 15.4 Å². The Morgan fingerprint density at radius 1 is 1.19 bits per heavy atom. The van der Waals surface area contributed by atoms with Crippen molar-refractivity contribution in [3.63, 3.8) is 0 Å². The fourth-order valence-corrected chi connectivity index (χ4v) is 2.89. The standard InChI is InChI=1S/C18H24N4O4S/c1-26-10-2-8-21-16-11-15(12-20-13-16)18(23)22-9-7-14-3-5-17(6-4-14)27(19,24)25/h3-6,11-13,21H,2,7-10H2,1H3,(H,22,23)(H2,19,24,25). The highest BCUT2D eigenvalue weighted by Gasteiger charge is 2.08. The molecule has 0 unspecified atom stereocenters. The van der Waals surface area contributed by atoms with E-state index in [0.717, 1.165) is 24.2 Å². The molecule has 0 radical (unpaired) electrons. The summed E-state index contributed by atoms with van der Waals surface area (Å²) < 4.78 is 27.5. The number of carbonyl (C=O) groups excluding carboxylic acids is 1. The highest BCUT2D eigenvalue weighted by Crippen LogP contribution is 2.10. The number of anilines is 1. The van der Waals surface area contributed by atoms with Crippen LogP contribution in [0.2, 0.25) is 0 Å². The molecule has 0 aliphatic rings. The van der Waals surface area contributed by atoms with Crippen LogP contribution in [0.4, 0.5) is 5.69 Å². The Kier molecular flexibility index (Phi) is 7.71. The van der Waals surface area contributed by atoms with Crippen LogP contribution in [0, 0.1) is 0 Å². The third-order valence-electron chi connectivity index (χ3n) is 3.81. The largest absolute Gasteiger partial charge is 0.385 e. The highest BCUT2D eigenvalue weighted by atomic mass is 32.2. The SMILES string of the molecule is COCCCNc1cncc(C(=O)NCCc2ccc(S(N)(=O)=O)cc2)c1. The second-order valence-corrected chi connectivity index (χ2v) is 7.49. The number of pyridine rings is 1. The smallest absolute Gasteiger partial charge is 0.252 e. The highest BCUT2D eigenvalue weighted by molar-refractivity contribution is 7.89. The fourth-order valence-electron chi connectivity index (χ4n) is 2.38. The van der Waals surface area contributed by atoms with Gasteiger partial charge in [0, 0.05) is 39.2 Å². The molecule has 1 heterocycles. The van der Waals surface area contributed by atoms with Gasteiger partial charge in [-0.15, -0.1) is 0 Å². The minimum atomic E-state index is -3.69. The monoisotopic (exact) mass is 392 g/mol. The zero-order valence-electron chi connectivity index (χ0n) is 15.1. The molecule has 8 nitrogen and oxygen atoms in total. The number of methoxy groups -OCH3 is 1. The van der Waals surface area contributed by atoms with Gasteiger partial charge in [0.05, 0.1) is 16.1 Å². The van der Waals surface area contributed by atoms with Crippen molar-refractivity contribution < 1.29 is 17.9 Å². The summed E-state index contributed by atoms with van der Waals surface area (Å²) in [6, 6.07) is 8.01. The second-order valence-electron chi connectivity index (χ2n) is 5.93. The number of nitrogens with zero attached hydrogens (tertiary/aromatic N) is 1. The zero-order chi connectivity index (χ0) is 19.7. The maximum Gasteiger partial charge on any atom is 0.252 e. The van der Waals surface area contributed by atoms with E-state index in [2.05, 4.69) is 15.6 Å². The number of carbonyl (C=O) groups is 1. The lowest BCUT2D eigenvalue weighted by atomic mass is 10.1. The first-order valence-corrected chi connectivity index (χ1v) is 10.0. The van der Waals surface area contributed by atoms with Gasteiger partial charge in [0.25, 0.3) is 5.91 Å². The lowest BCUT2D eigenvalue weighted by Gasteiger charge is -2.09. The molecule has 1 amide bonds. The molecule has 146 valence electrons. The average Bonchev–Trinajstić information content (AvgIpc) is 2.65. The van der Waals surface area contributed by atoms with Crippen LogP contribution in [0.25, 0.3) is 0 Å². The summed E-state index contributed by atoms with van der Waals surface area (Å²) in [6.07, 6.45) is 4.60. The van der Waals surface area contributed by atoms with E-state index in [1.807, 2.05) is 0 Å². The molecular weight excluding hydrogens is 368 g/mol. The van der Waals surface area contributed by atoms with Crippen LogP contribution < -0.4 is 15.8 Å². The molecule has 2 aromatic rings. The number of nitrogens with two attached hydrogens (primary N) is 1. The summed E-state index contributed by atoms with van der Waals surface area (Å²) in [5.41, 5.74) is 2.14. The van der Waals surface area contributed by atoms with Gasteiger partial charge in [-0.3, -0.25) is 9.78 Å². The topological polar surface area (TPSA) is 123 Å². The van der Waals surface area contributed by atoms with Crippen LogP contribution in [-0.2, 0) is 21.2 Å². The van der Waals surface area contributed by atoms with Crippen LogP contribution in [0.1, 0.15) is 22.3 Å². The number of rotatable bonds is 10. The zero-order valence-corrected chi connectivity index (χ0v) is 16.0. The molecule has 0 aliphatic heterocycles. The predicted molar refractivity (Wildman–Crippen MR) is 103 cm³/mol. The molecule has 9 heteroatoms. The van der Waals surface area contributed by atoms with Crippen molar-refractivity contribution in [2.75, 3.05) is 32.1 Å². The first-order valence-electron chi connectivity index (χ1n) is 8.48. The number of hydrogen-bond donors (Lipinski definition) is 3. The molecule has 0 saturated carbocycles. The lowest BCUT2D eigenvalue weighted by Crippen LogP contribution is -2.26. The van der Waals surface area contributed by atoms with Gasteiger partial charge in [-0.2, -0.15) is 0 Å². The molecule has 1 aromatic carbocycles. The Morgan fingerprint density at radius 3 is 2.59 bits per heavy atom. The van der Waals surface area contributed by atoms with Crippen molar-refractivity contribution >= 4 is 21.6 Å². The van der Waals surface area contributed by atoms with Crippen LogP contribution in [-0.4, -0.2) is 46.1 Å². The van der Waals surface area contributed by atoms with E-state index in [1.54, 1.807) is 31.5 Å². The molecule has 0 spiro atoms. The van der Waals surface area contributed by atoms with Gasteiger partial charge in [0.2, 0.25) is 10.0 Å². The number of primary sulfonamides is 1. The van der Waals surface area contributed by atoms with Crippen LogP contribution >= 0.6 is 0 Å². The number of hydrogen-bond acceptors (Lipinski definition) is 6. The van der Waals surface area contributed by atoms with Crippen molar-refractivity contribution in [3.05, 3.63) is 53.9 Å². The molecule has 0 atom stereocenters. The van der Waals surface area contributed by atoms with E-state index >= 15 is 0 Å². The summed E-state index contributed by atoms with van der Waals surface area (Å²) in [6.45, 7) is 1.81. The van der Waals surface area contributed by atoms with Gasteiger partial charge in [-0.25, -0.2) is 13.6 Å². The molecular formula is C18H24N4O4S. The maximum absolute atomic E-state index is 12.3. The number of aromatic nitrogens is 1. The average molecular weight is 392 g/mol. The molecule has 1 aromatic heterocycles. The summed E-state index contributed by atoms with van der Waals surface area (Å²) in [7, 11) is -2.04. The molecule has 0 fully saturated rings. The van der Waals surface area contributed by atoms with Crippen molar-refractivity contribution in [2.24, 2.45) is 5.14 Å². The van der Waals surface area contributed by atoms with E-state index in [4.69, 9.17) is 9.88 Å². The molecule has 4 N–H and O–H groups in total.